The first-order valence-corrected chi connectivity index (χ1v) is 9.23. The number of pyridine rings is 1. The fourth-order valence-corrected chi connectivity index (χ4v) is 4.34. The molecule has 1 aromatic rings. The number of hydrogen-bond acceptors (Lipinski definition) is 4. The zero-order chi connectivity index (χ0) is 17.0. The van der Waals surface area contributed by atoms with Gasteiger partial charge in [-0.2, -0.15) is 0 Å². The number of carbonyl (C=O) groups excluding carboxylic acids is 1. The van der Waals surface area contributed by atoms with Gasteiger partial charge in [0.15, 0.2) is 0 Å². The Kier molecular flexibility index (Phi) is 6.30. The molecule has 0 spiro atoms. The molecule has 0 radical (unpaired) electrons. The summed E-state index contributed by atoms with van der Waals surface area (Å²) >= 11 is 5.19. The molecule has 2 heterocycles. The number of carbonyl (C=O) groups is 1. The lowest BCUT2D eigenvalue weighted by molar-refractivity contribution is -0.113. The summed E-state index contributed by atoms with van der Waals surface area (Å²) in [6.45, 7) is 6.61. The van der Waals surface area contributed by atoms with Crippen LogP contribution in [0.4, 0.5) is 5.69 Å². The van der Waals surface area contributed by atoms with Crippen LogP contribution in [0.3, 0.4) is 0 Å². The number of aromatic nitrogens is 1. The summed E-state index contributed by atoms with van der Waals surface area (Å²) in [6, 6.07) is 1.96. The maximum atomic E-state index is 12.8. The number of nitrogens with one attached hydrogen (secondary N) is 1. The Bertz CT molecular complexity index is 670. The van der Waals surface area contributed by atoms with E-state index in [1.165, 1.54) is 0 Å². The Morgan fingerprint density at radius 3 is 2.91 bits per heavy atom. The molecule has 4 nitrogen and oxygen atoms in total. The van der Waals surface area contributed by atoms with Gasteiger partial charge >= 0.3 is 0 Å². The van der Waals surface area contributed by atoms with Gasteiger partial charge < -0.3 is 10.2 Å². The minimum atomic E-state index is -0.0427. The van der Waals surface area contributed by atoms with Crippen molar-refractivity contribution in [2.24, 2.45) is 0 Å². The Balaban J connectivity index is 2.30. The maximum absolute atomic E-state index is 12.8. The number of amides is 1. The van der Waals surface area contributed by atoms with Crippen molar-refractivity contribution in [3.05, 3.63) is 44.0 Å². The second kappa shape index (κ2) is 8.02. The number of likely N-dealkylation sites (N-methyl/N-ethyl adjacent to an activating group) is 1. The van der Waals surface area contributed by atoms with E-state index in [1.54, 1.807) is 11.8 Å². The standard InChI is InChI=1S/C17H22BrN3OS/c1-5-6-15-13(9-21(4)10-16(18)23-15)17(22)20-14-7-11(2)8-19-12(14)3/h7-8,10H,5-6,9H2,1-4H3,(H,20,22). The van der Waals surface area contributed by atoms with Crippen LogP contribution in [-0.4, -0.2) is 29.4 Å². The highest BCUT2D eigenvalue weighted by atomic mass is 79.9. The molecule has 2 rings (SSSR count). The number of rotatable bonds is 4. The zero-order valence-electron chi connectivity index (χ0n) is 13.9. The molecule has 124 valence electrons. The van der Waals surface area contributed by atoms with Crippen molar-refractivity contribution in [3.8, 4) is 0 Å². The molecule has 0 atom stereocenters. The van der Waals surface area contributed by atoms with E-state index in [2.05, 4.69) is 33.2 Å². The summed E-state index contributed by atoms with van der Waals surface area (Å²) in [6.07, 6.45) is 5.73. The molecular formula is C17H22BrN3OS. The highest BCUT2D eigenvalue weighted by Gasteiger charge is 2.21. The van der Waals surface area contributed by atoms with Gasteiger partial charge in [0.25, 0.3) is 5.91 Å². The summed E-state index contributed by atoms with van der Waals surface area (Å²) in [7, 11) is 1.98. The van der Waals surface area contributed by atoms with E-state index in [0.717, 1.165) is 44.1 Å². The quantitative estimate of drug-likeness (QED) is 0.810. The average molecular weight is 396 g/mol. The Morgan fingerprint density at radius 1 is 1.48 bits per heavy atom. The third kappa shape index (κ3) is 4.85. The molecule has 1 aliphatic heterocycles. The molecule has 0 fully saturated rings. The van der Waals surface area contributed by atoms with E-state index in [0.29, 0.717) is 6.54 Å². The van der Waals surface area contributed by atoms with Crippen molar-refractivity contribution in [3.63, 3.8) is 0 Å². The van der Waals surface area contributed by atoms with Gasteiger partial charge in [-0.1, -0.05) is 25.1 Å². The highest BCUT2D eigenvalue weighted by Crippen LogP contribution is 2.37. The van der Waals surface area contributed by atoms with Crippen LogP contribution in [0.15, 0.2) is 32.8 Å². The van der Waals surface area contributed by atoms with Crippen LogP contribution in [0.2, 0.25) is 0 Å². The molecule has 1 N–H and O–H groups in total. The number of thioether (sulfide) groups is 1. The Labute approximate surface area is 150 Å². The van der Waals surface area contributed by atoms with Crippen molar-refractivity contribution in [1.82, 2.24) is 9.88 Å². The van der Waals surface area contributed by atoms with Gasteiger partial charge in [0.2, 0.25) is 0 Å². The summed E-state index contributed by atoms with van der Waals surface area (Å²) in [4.78, 5) is 20.3. The smallest absolute Gasteiger partial charge is 0.254 e. The largest absolute Gasteiger partial charge is 0.375 e. The second-order valence-electron chi connectivity index (χ2n) is 5.70. The van der Waals surface area contributed by atoms with E-state index >= 15 is 0 Å². The summed E-state index contributed by atoms with van der Waals surface area (Å²) in [5.41, 5.74) is 3.47. The summed E-state index contributed by atoms with van der Waals surface area (Å²) in [5, 5.41) is 3.03. The van der Waals surface area contributed by atoms with Crippen molar-refractivity contribution in [2.75, 3.05) is 18.9 Å². The molecule has 1 aromatic heterocycles. The minimum absolute atomic E-state index is 0.0427. The molecule has 0 saturated carbocycles. The zero-order valence-corrected chi connectivity index (χ0v) is 16.3. The van der Waals surface area contributed by atoms with Gasteiger partial charge in [-0.25, -0.2) is 0 Å². The number of hydrogen-bond donors (Lipinski definition) is 1. The van der Waals surface area contributed by atoms with Crippen LogP contribution >= 0.6 is 27.7 Å². The lowest BCUT2D eigenvalue weighted by Crippen LogP contribution is -2.24. The van der Waals surface area contributed by atoms with E-state index < -0.39 is 0 Å². The fourth-order valence-electron chi connectivity index (χ4n) is 2.35. The Hall–Kier alpha value is -1.27. The van der Waals surface area contributed by atoms with Crippen LogP contribution in [0.5, 0.6) is 0 Å². The van der Waals surface area contributed by atoms with E-state index in [-0.39, 0.29) is 5.91 Å². The van der Waals surface area contributed by atoms with Crippen molar-refractivity contribution >= 4 is 39.3 Å². The number of aryl methyl sites for hydroxylation is 2. The van der Waals surface area contributed by atoms with Crippen molar-refractivity contribution in [1.29, 1.82) is 0 Å². The van der Waals surface area contributed by atoms with Crippen molar-refractivity contribution < 1.29 is 4.79 Å². The van der Waals surface area contributed by atoms with E-state index in [1.807, 2.05) is 44.3 Å². The van der Waals surface area contributed by atoms with Crippen LogP contribution in [-0.2, 0) is 4.79 Å². The molecule has 0 aliphatic carbocycles. The number of allylic oxidation sites excluding steroid dienone is 1. The molecular weight excluding hydrogens is 374 g/mol. The Morgan fingerprint density at radius 2 is 2.22 bits per heavy atom. The van der Waals surface area contributed by atoms with Gasteiger partial charge in [0, 0.05) is 36.5 Å². The van der Waals surface area contributed by atoms with Crippen LogP contribution in [0.1, 0.15) is 31.0 Å². The molecule has 0 unspecified atom stereocenters. The average Bonchev–Trinajstić information content (AvgIpc) is 2.61. The molecule has 0 saturated heterocycles. The molecule has 0 bridgehead atoms. The van der Waals surface area contributed by atoms with E-state index in [9.17, 15) is 4.79 Å². The number of halogens is 1. The molecule has 1 aliphatic rings. The van der Waals surface area contributed by atoms with Gasteiger partial charge in [-0.05, 0) is 47.8 Å². The number of nitrogens with zero attached hydrogens (tertiary/aromatic N) is 2. The molecule has 0 aromatic carbocycles. The minimum Gasteiger partial charge on any atom is -0.375 e. The third-order valence-corrected chi connectivity index (χ3v) is 5.20. The predicted molar refractivity (Wildman–Crippen MR) is 102 cm³/mol. The summed E-state index contributed by atoms with van der Waals surface area (Å²) < 4.78 is 1.03. The topological polar surface area (TPSA) is 45.2 Å². The first-order valence-electron chi connectivity index (χ1n) is 7.62. The molecule has 23 heavy (non-hydrogen) atoms. The first kappa shape index (κ1) is 18.1. The predicted octanol–water partition coefficient (Wildman–Crippen LogP) is 4.56. The van der Waals surface area contributed by atoms with Crippen LogP contribution < -0.4 is 5.32 Å². The van der Waals surface area contributed by atoms with E-state index in [4.69, 9.17) is 0 Å². The fraction of sp³-hybridized carbons (Fsp3) is 0.412. The van der Waals surface area contributed by atoms with Gasteiger partial charge in [0.1, 0.15) is 0 Å². The molecule has 1 amide bonds. The van der Waals surface area contributed by atoms with Gasteiger partial charge in [-0.15, -0.1) is 0 Å². The lowest BCUT2D eigenvalue weighted by Gasteiger charge is -2.17. The SMILES string of the molecule is CCCC1=C(C(=O)Nc2cc(C)cnc2C)CN(C)C=C(Br)S1. The first-order chi connectivity index (χ1) is 10.9. The molecule has 6 heteroatoms. The third-order valence-electron chi connectivity index (χ3n) is 3.51. The van der Waals surface area contributed by atoms with Crippen LogP contribution in [0, 0.1) is 13.8 Å². The lowest BCUT2D eigenvalue weighted by atomic mass is 10.1. The normalized spacial score (nSPS) is 15.3. The maximum Gasteiger partial charge on any atom is 0.254 e. The number of anilines is 1. The van der Waals surface area contributed by atoms with Crippen LogP contribution in [0.25, 0.3) is 0 Å². The monoisotopic (exact) mass is 395 g/mol. The van der Waals surface area contributed by atoms with Gasteiger partial charge in [0.05, 0.1) is 15.2 Å². The van der Waals surface area contributed by atoms with Crippen molar-refractivity contribution in [2.45, 2.75) is 33.6 Å². The highest BCUT2D eigenvalue weighted by molar-refractivity contribution is 9.14. The summed E-state index contributed by atoms with van der Waals surface area (Å²) in [5.74, 6) is -0.0427. The second-order valence-corrected chi connectivity index (χ2v) is 8.22. The van der Waals surface area contributed by atoms with Gasteiger partial charge in [-0.3, -0.25) is 9.78 Å².